The summed E-state index contributed by atoms with van der Waals surface area (Å²) < 4.78 is 33.4. The highest BCUT2D eigenvalue weighted by atomic mass is 19.1. The quantitative estimate of drug-likeness (QED) is 0.449. The first-order valence-corrected chi connectivity index (χ1v) is 10.0. The van der Waals surface area contributed by atoms with Crippen LogP contribution in [-0.4, -0.2) is 23.0 Å². The summed E-state index contributed by atoms with van der Waals surface area (Å²) in [6.07, 6.45) is 0.999. The van der Waals surface area contributed by atoms with Crippen molar-refractivity contribution in [2.24, 2.45) is 0 Å². The zero-order chi connectivity index (χ0) is 24.0. The molecule has 172 valence electrons. The van der Waals surface area contributed by atoms with Crippen LogP contribution < -0.4 is 26.6 Å². The summed E-state index contributed by atoms with van der Waals surface area (Å²) in [4.78, 5) is 38.3. The lowest BCUT2D eigenvalue weighted by atomic mass is 10.1. The van der Waals surface area contributed by atoms with Gasteiger partial charge in [0.25, 0.3) is 11.8 Å². The van der Waals surface area contributed by atoms with Crippen LogP contribution in [0.2, 0.25) is 0 Å². The Kier molecular flexibility index (Phi) is 7.39. The molecular formula is C23H22F2N4O4. The predicted molar refractivity (Wildman–Crippen MR) is 117 cm³/mol. The monoisotopic (exact) mass is 456 g/mol. The summed E-state index contributed by atoms with van der Waals surface area (Å²) in [6.45, 7) is 1.62. The Balaban J connectivity index is 1.92. The van der Waals surface area contributed by atoms with Crippen molar-refractivity contribution in [3.63, 3.8) is 0 Å². The van der Waals surface area contributed by atoms with Gasteiger partial charge in [-0.05, 0) is 18.6 Å². The third kappa shape index (κ3) is 5.53. The van der Waals surface area contributed by atoms with E-state index >= 15 is 0 Å². The van der Waals surface area contributed by atoms with Gasteiger partial charge in [-0.15, -0.1) is 0 Å². The van der Waals surface area contributed by atoms with Crippen LogP contribution in [-0.2, 0) is 13.2 Å². The van der Waals surface area contributed by atoms with Crippen LogP contribution in [0, 0.1) is 11.6 Å². The van der Waals surface area contributed by atoms with Gasteiger partial charge in [0.15, 0.2) is 11.4 Å². The number of hydrogen-bond donors (Lipinski definition) is 3. The number of benzene rings is 2. The number of hydrogen-bond acceptors (Lipinski definition) is 5. The Hall–Kier alpha value is -4.21. The lowest BCUT2D eigenvalue weighted by Crippen LogP contribution is -2.36. The van der Waals surface area contributed by atoms with Crippen LogP contribution in [0.5, 0.6) is 5.75 Å². The van der Waals surface area contributed by atoms with Gasteiger partial charge >= 0.3 is 0 Å². The molecule has 1 aromatic heterocycles. The topological polar surface area (TPSA) is 115 Å². The van der Waals surface area contributed by atoms with Crippen LogP contribution in [0.3, 0.4) is 0 Å². The molecule has 0 fully saturated rings. The minimum absolute atomic E-state index is 0.0253. The highest BCUT2D eigenvalue weighted by Crippen LogP contribution is 2.16. The van der Waals surface area contributed by atoms with Gasteiger partial charge < -0.3 is 21.2 Å². The van der Waals surface area contributed by atoms with Crippen molar-refractivity contribution in [1.29, 1.82) is 0 Å². The van der Waals surface area contributed by atoms with Crippen molar-refractivity contribution < 1.29 is 23.1 Å². The van der Waals surface area contributed by atoms with E-state index in [9.17, 15) is 23.2 Å². The smallest absolute Gasteiger partial charge is 0.273 e. The van der Waals surface area contributed by atoms with Gasteiger partial charge in [0.2, 0.25) is 5.43 Å². The number of amides is 2. The number of ether oxygens (including phenoxy) is 1. The van der Waals surface area contributed by atoms with Gasteiger partial charge in [-0.1, -0.05) is 36.4 Å². The number of nitrogen functional groups attached to an aromatic ring is 1. The highest BCUT2D eigenvalue weighted by molar-refractivity contribution is 5.98. The lowest BCUT2D eigenvalue weighted by molar-refractivity contribution is 0.0928. The number of nitrogens with two attached hydrogens (primary N) is 1. The largest absolute Gasteiger partial charge is 0.482 e. The average Bonchev–Trinajstić information content (AvgIpc) is 2.79. The number of aromatic nitrogens is 1. The molecule has 0 spiro atoms. The Morgan fingerprint density at radius 1 is 1.06 bits per heavy atom. The molecule has 0 bridgehead atoms. The molecule has 0 saturated heterocycles. The molecule has 0 atom stereocenters. The number of halogens is 2. The Morgan fingerprint density at radius 3 is 2.45 bits per heavy atom. The van der Waals surface area contributed by atoms with Crippen molar-refractivity contribution in [3.8, 4) is 5.75 Å². The van der Waals surface area contributed by atoms with Gasteiger partial charge in [0.05, 0.1) is 0 Å². The predicted octanol–water partition coefficient (Wildman–Crippen LogP) is 2.10. The molecule has 0 aliphatic heterocycles. The van der Waals surface area contributed by atoms with E-state index in [4.69, 9.17) is 10.6 Å². The standard InChI is InChI=1S/C23H22F2N4O4/c1-2-27-23(32)19-21(33-13-14-6-4-3-5-7-14)20(30)17(12-29(19)26)22(31)28-11-15-8-9-16(24)10-18(15)25/h3-10,12H,2,11,13,26H2,1H3,(H,27,32)(H,28,31). The minimum Gasteiger partial charge on any atom is -0.482 e. The molecule has 0 saturated carbocycles. The van der Waals surface area contributed by atoms with Crippen molar-refractivity contribution in [2.45, 2.75) is 20.1 Å². The fourth-order valence-electron chi connectivity index (χ4n) is 3.04. The van der Waals surface area contributed by atoms with E-state index in [1.165, 1.54) is 6.07 Å². The summed E-state index contributed by atoms with van der Waals surface area (Å²) in [6, 6.07) is 11.8. The van der Waals surface area contributed by atoms with Crippen molar-refractivity contribution >= 4 is 11.8 Å². The summed E-state index contributed by atoms with van der Waals surface area (Å²) in [5.41, 5.74) is -0.762. The van der Waals surface area contributed by atoms with Crippen LogP contribution >= 0.6 is 0 Å². The third-order valence-corrected chi connectivity index (χ3v) is 4.67. The Morgan fingerprint density at radius 2 is 1.79 bits per heavy atom. The molecule has 0 aliphatic rings. The van der Waals surface area contributed by atoms with Gasteiger partial charge in [0, 0.05) is 30.9 Å². The number of carbonyl (C=O) groups is 2. The van der Waals surface area contributed by atoms with Gasteiger partial charge in [0.1, 0.15) is 23.8 Å². The van der Waals surface area contributed by atoms with Crippen molar-refractivity contribution in [3.05, 3.63) is 99.0 Å². The zero-order valence-electron chi connectivity index (χ0n) is 17.7. The molecule has 1 heterocycles. The molecular weight excluding hydrogens is 434 g/mol. The molecule has 0 aliphatic carbocycles. The first-order chi connectivity index (χ1) is 15.8. The number of carbonyl (C=O) groups excluding carboxylic acids is 2. The van der Waals surface area contributed by atoms with E-state index in [-0.39, 0.29) is 31.0 Å². The molecule has 33 heavy (non-hydrogen) atoms. The summed E-state index contributed by atoms with van der Waals surface area (Å²) in [5, 5.41) is 4.94. The molecule has 0 radical (unpaired) electrons. The minimum atomic E-state index is -0.866. The normalized spacial score (nSPS) is 10.5. The first kappa shape index (κ1) is 23.5. The van der Waals surface area contributed by atoms with Crippen molar-refractivity contribution in [2.75, 3.05) is 12.4 Å². The van der Waals surface area contributed by atoms with E-state index in [1.54, 1.807) is 31.2 Å². The molecule has 8 nitrogen and oxygen atoms in total. The van der Waals surface area contributed by atoms with E-state index in [1.807, 2.05) is 6.07 Å². The van der Waals surface area contributed by atoms with Gasteiger partial charge in [-0.25, -0.2) is 8.78 Å². The molecule has 2 amide bonds. The van der Waals surface area contributed by atoms with Crippen LogP contribution in [0.1, 0.15) is 38.9 Å². The van der Waals surface area contributed by atoms with Crippen LogP contribution in [0.25, 0.3) is 0 Å². The maximum absolute atomic E-state index is 13.8. The average molecular weight is 456 g/mol. The Bertz CT molecular complexity index is 1230. The number of rotatable bonds is 8. The fourth-order valence-corrected chi connectivity index (χ4v) is 3.04. The number of pyridine rings is 1. The van der Waals surface area contributed by atoms with Crippen LogP contribution in [0.4, 0.5) is 8.78 Å². The van der Waals surface area contributed by atoms with E-state index in [0.29, 0.717) is 6.07 Å². The zero-order valence-corrected chi connectivity index (χ0v) is 17.7. The van der Waals surface area contributed by atoms with E-state index in [0.717, 1.165) is 22.5 Å². The lowest BCUT2D eigenvalue weighted by Gasteiger charge is -2.16. The summed E-state index contributed by atoms with van der Waals surface area (Å²) >= 11 is 0. The fraction of sp³-hybridized carbons (Fsp3) is 0.174. The van der Waals surface area contributed by atoms with Crippen LogP contribution in [0.15, 0.2) is 59.5 Å². The molecule has 3 aromatic rings. The van der Waals surface area contributed by atoms with Gasteiger partial charge in [-0.3, -0.25) is 19.1 Å². The van der Waals surface area contributed by atoms with Gasteiger partial charge in [-0.2, -0.15) is 0 Å². The molecule has 3 rings (SSSR count). The number of nitrogens with zero attached hydrogens (tertiary/aromatic N) is 1. The molecule has 10 heteroatoms. The second kappa shape index (κ2) is 10.4. The van der Waals surface area contributed by atoms with E-state index in [2.05, 4.69) is 10.6 Å². The maximum atomic E-state index is 13.8. The molecule has 2 aromatic carbocycles. The van der Waals surface area contributed by atoms with E-state index < -0.39 is 40.2 Å². The highest BCUT2D eigenvalue weighted by Gasteiger charge is 2.25. The second-order valence-electron chi connectivity index (χ2n) is 7.01. The summed E-state index contributed by atoms with van der Waals surface area (Å²) in [5.74, 6) is 2.42. The second-order valence-corrected chi connectivity index (χ2v) is 7.01. The van der Waals surface area contributed by atoms with Crippen molar-refractivity contribution in [1.82, 2.24) is 15.3 Å². The maximum Gasteiger partial charge on any atom is 0.273 e. The summed E-state index contributed by atoms with van der Waals surface area (Å²) in [7, 11) is 0. The molecule has 4 N–H and O–H groups in total. The number of nitrogens with one attached hydrogen (secondary N) is 2. The third-order valence-electron chi connectivity index (χ3n) is 4.67. The Labute approximate surface area is 188 Å². The SMILES string of the molecule is CCNC(=O)c1c(OCc2ccccc2)c(=O)c(C(=O)NCc2ccc(F)cc2F)cn1N. The molecule has 0 unspecified atom stereocenters. The first-order valence-electron chi connectivity index (χ1n) is 10.0.